The van der Waals surface area contributed by atoms with Gasteiger partial charge in [0.2, 0.25) is 0 Å². The molecule has 0 amide bonds. The smallest absolute Gasteiger partial charge is 0.171 e. The molecule has 4 unspecified atom stereocenters. The first-order valence-corrected chi connectivity index (χ1v) is 13.7. The zero-order valence-corrected chi connectivity index (χ0v) is 21.2. The van der Waals surface area contributed by atoms with Crippen molar-refractivity contribution in [3.63, 3.8) is 0 Å². The molecule has 4 heteroatoms. The van der Waals surface area contributed by atoms with E-state index in [4.69, 9.17) is 9.47 Å². The Kier molecular flexibility index (Phi) is 6.05. The van der Waals surface area contributed by atoms with Gasteiger partial charge in [-0.2, -0.15) is 0 Å². The van der Waals surface area contributed by atoms with Crippen LogP contribution in [0.1, 0.15) is 91.9 Å². The summed E-state index contributed by atoms with van der Waals surface area (Å²) in [6.07, 6.45) is 11.9. The van der Waals surface area contributed by atoms with Gasteiger partial charge in [0.25, 0.3) is 0 Å². The lowest BCUT2D eigenvalue weighted by atomic mass is 9.44. The van der Waals surface area contributed by atoms with Crippen molar-refractivity contribution in [1.82, 2.24) is 0 Å². The van der Waals surface area contributed by atoms with Crippen molar-refractivity contribution < 1.29 is 19.7 Å². The average Bonchev–Trinajstić information content (AvgIpc) is 3.23. The summed E-state index contributed by atoms with van der Waals surface area (Å²) in [7, 11) is 1.83. The van der Waals surface area contributed by atoms with Crippen molar-refractivity contribution in [3.8, 4) is 0 Å². The summed E-state index contributed by atoms with van der Waals surface area (Å²) >= 11 is 0. The van der Waals surface area contributed by atoms with Crippen LogP contribution in [-0.4, -0.2) is 41.9 Å². The van der Waals surface area contributed by atoms with E-state index >= 15 is 0 Å². The molecule has 5 aliphatic rings. The third-order valence-electron chi connectivity index (χ3n) is 12.0. The Hall–Kier alpha value is -0.160. The fraction of sp³-hybridized carbons (Fsp3) is 1.00. The van der Waals surface area contributed by atoms with Crippen LogP contribution >= 0.6 is 0 Å². The second-order valence-electron chi connectivity index (χ2n) is 13.2. The van der Waals surface area contributed by atoms with Gasteiger partial charge in [-0.1, -0.05) is 27.7 Å². The molecule has 184 valence electrons. The van der Waals surface area contributed by atoms with Crippen LogP contribution in [-0.2, 0) is 9.47 Å². The highest BCUT2D eigenvalue weighted by Crippen LogP contribution is 2.71. The molecule has 1 aliphatic heterocycles. The third-order valence-corrected chi connectivity index (χ3v) is 12.0. The van der Waals surface area contributed by atoms with Crippen LogP contribution in [0.15, 0.2) is 0 Å². The Morgan fingerprint density at radius 1 is 1.03 bits per heavy atom. The minimum Gasteiger partial charge on any atom is -0.396 e. The minimum absolute atomic E-state index is 0.0608. The van der Waals surface area contributed by atoms with E-state index in [-0.39, 0.29) is 12.7 Å². The third kappa shape index (κ3) is 3.29. The number of rotatable bonds is 5. The molecule has 4 saturated carbocycles. The number of ether oxygens (including phenoxy) is 2. The van der Waals surface area contributed by atoms with E-state index in [0.29, 0.717) is 34.7 Å². The van der Waals surface area contributed by atoms with Crippen molar-refractivity contribution in [2.24, 2.45) is 52.3 Å². The van der Waals surface area contributed by atoms with Gasteiger partial charge in [0.15, 0.2) is 5.79 Å². The van der Waals surface area contributed by atoms with Crippen LogP contribution in [0.25, 0.3) is 0 Å². The Morgan fingerprint density at radius 3 is 2.50 bits per heavy atom. The Morgan fingerprint density at radius 2 is 1.78 bits per heavy atom. The summed E-state index contributed by atoms with van der Waals surface area (Å²) in [5.41, 5.74) is 0.788. The molecule has 0 spiro atoms. The van der Waals surface area contributed by atoms with Crippen LogP contribution in [0, 0.1) is 52.3 Å². The number of hydrogen-bond acceptors (Lipinski definition) is 4. The molecule has 0 radical (unpaired) electrons. The van der Waals surface area contributed by atoms with Crippen LogP contribution < -0.4 is 0 Å². The van der Waals surface area contributed by atoms with Gasteiger partial charge >= 0.3 is 0 Å². The number of methoxy groups -OCH3 is 1. The van der Waals surface area contributed by atoms with E-state index in [2.05, 4.69) is 27.7 Å². The lowest BCUT2D eigenvalue weighted by Gasteiger charge is -2.61. The van der Waals surface area contributed by atoms with Crippen molar-refractivity contribution >= 4 is 0 Å². The van der Waals surface area contributed by atoms with Crippen LogP contribution in [0.3, 0.4) is 0 Å². The molecule has 1 heterocycles. The monoisotopic (exact) mass is 448 g/mol. The zero-order chi connectivity index (χ0) is 22.9. The second-order valence-corrected chi connectivity index (χ2v) is 13.2. The first-order chi connectivity index (χ1) is 15.2. The molecule has 0 aromatic heterocycles. The SMILES string of the molecule is COC1(CCC(C)CO)O[C@H]2C[C@H]3[C@@H]4CCC5CC(O)CC[C@]5(C)[C@H]4CC[C@]3(C)[C@H]2[C@@H]1C. The highest BCUT2D eigenvalue weighted by molar-refractivity contribution is 5.15. The molecule has 4 aliphatic carbocycles. The summed E-state index contributed by atoms with van der Waals surface area (Å²) in [6.45, 7) is 9.91. The topological polar surface area (TPSA) is 58.9 Å². The first kappa shape index (κ1) is 23.6. The maximum Gasteiger partial charge on any atom is 0.171 e. The fourth-order valence-corrected chi connectivity index (χ4v) is 10.1. The largest absolute Gasteiger partial charge is 0.396 e. The van der Waals surface area contributed by atoms with Crippen molar-refractivity contribution in [2.45, 2.75) is 110 Å². The molecule has 4 nitrogen and oxygen atoms in total. The van der Waals surface area contributed by atoms with E-state index in [9.17, 15) is 10.2 Å². The lowest BCUT2D eigenvalue weighted by molar-refractivity contribution is -0.239. The highest BCUT2D eigenvalue weighted by atomic mass is 16.7. The van der Waals surface area contributed by atoms with Crippen molar-refractivity contribution in [2.75, 3.05) is 13.7 Å². The number of aliphatic hydroxyl groups is 2. The summed E-state index contributed by atoms with van der Waals surface area (Å²) < 4.78 is 13.0. The predicted molar refractivity (Wildman–Crippen MR) is 126 cm³/mol. The maximum atomic E-state index is 10.3. The molecular formula is C28H48O4. The van der Waals surface area contributed by atoms with Gasteiger partial charge in [0.1, 0.15) is 0 Å². The zero-order valence-electron chi connectivity index (χ0n) is 21.2. The fourth-order valence-electron chi connectivity index (χ4n) is 10.1. The normalized spacial score (nSPS) is 55.6. The van der Waals surface area contributed by atoms with E-state index < -0.39 is 5.79 Å². The van der Waals surface area contributed by atoms with Crippen LogP contribution in [0.5, 0.6) is 0 Å². The molecule has 0 aromatic carbocycles. The summed E-state index contributed by atoms with van der Waals surface area (Å²) in [6, 6.07) is 0. The lowest BCUT2D eigenvalue weighted by Crippen LogP contribution is -2.54. The first-order valence-electron chi connectivity index (χ1n) is 13.7. The molecule has 12 atom stereocenters. The molecule has 5 fully saturated rings. The number of fused-ring (bicyclic) bond motifs is 7. The summed E-state index contributed by atoms with van der Waals surface area (Å²) in [5, 5.41) is 19.8. The van der Waals surface area contributed by atoms with Gasteiger partial charge in [-0.3, -0.25) is 0 Å². The maximum absolute atomic E-state index is 10.3. The van der Waals surface area contributed by atoms with Gasteiger partial charge in [0.05, 0.1) is 12.2 Å². The van der Waals surface area contributed by atoms with Gasteiger partial charge in [-0.15, -0.1) is 0 Å². The predicted octanol–water partition coefficient (Wildman–Crippen LogP) is 5.40. The minimum atomic E-state index is -0.479. The van der Waals surface area contributed by atoms with E-state index in [0.717, 1.165) is 49.4 Å². The highest BCUT2D eigenvalue weighted by Gasteiger charge is 2.68. The van der Waals surface area contributed by atoms with Crippen molar-refractivity contribution in [3.05, 3.63) is 0 Å². The average molecular weight is 449 g/mol. The van der Waals surface area contributed by atoms with Crippen LogP contribution in [0.4, 0.5) is 0 Å². The van der Waals surface area contributed by atoms with Gasteiger partial charge in [-0.25, -0.2) is 0 Å². The standard InChI is InChI=1S/C28H48O4/c1-17(16-29)8-13-28(31-5)18(2)25-24(32-28)15-23-21-7-6-19-14-20(30)9-11-26(19,3)22(21)10-12-27(23,25)4/h17-25,29-30H,6-16H2,1-5H3/t17?,18-,19?,20?,21+,22-,23-,24-,25-,26-,27-,28?/m0/s1. The van der Waals surface area contributed by atoms with Gasteiger partial charge < -0.3 is 19.7 Å². The molecular weight excluding hydrogens is 400 g/mol. The van der Waals surface area contributed by atoms with E-state index in [1.165, 1.54) is 38.5 Å². The van der Waals surface area contributed by atoms with Gasteiger partial charge in [0, 0.05) is 26.1 Å². The van der Waals surface area contributed by atoms with E-state index in [1.54, 1.807) is 0 Å². The Balaban J connectivity index is 1.36. The van der Waals surface area contributed by atoms with E-state index in [1.807, 2.05) is 7.11 Å². The Bertz CT molecular complexity index is 697. The molecule has 0 bridgehead atoms. The number of hydrogen-bond donors (Lipinski definition) is 2. The molecule has 5 rings (SSSR count). The molecule has 2 N–H and O–H groups in total. The van der Waals surface area contributed by atoms with Gasteiger partial charge in [-0.05, 0) is 104 Å². The molecule has 32 heavy (non-hydrogen) atoms. The van der Waals surface area contributed by atoms with Crippen molar-refractivity contribution in [1.29, 1.82) is 0 Å². The van der Waals surface area contributed by atoms with Crippen LogP contribution in [0.2, 0.25) is 0 Å². The number of aliphatic hydroxyl groups excluding tert-OH is 2. The molecule has 1 saturated heterocycles. The quantitative estimate of drug-likeness (QED) is 0.591. The summed E-state index contributed by atoms with van der Waals surface area (Å²) in [5.74, 6) is 3.95. The second kappa shape index (κ2) is 8.21. The molecule has 0 aromatic rings. The summed E-state index contributed by atoms with van der Waals surface area (Å²) in [4.78, 5) is 0. The Labute approximate surface area is 195 Å².